The summed E-state index contributed by atoms with van der Waals surface area (Å²) in [5.74, 6) is 0.738. The summed E-state index contributed by atoms with van der Waals surface area (Å²) in [6, 6.07) is 3.87. The van der Waals surface area contributed by atoms with Crippen LogP contribution in [0.5, 0.6) is 5.75 Å². The van der Waals surface area contributed by atoms with Crippen molar-refractivity contribution in [3.05, 3.63) is 39.6 Å². The summed E-state index contributed by atoms with van der Waals surface area (Å²) in [5.41, 5.74) is 1.30. The highest BCUT2D eigenvalue weighted by Gasteiger charge is 2.29. The minimum Gasteiger partial charge on any atom is -0.406 e. The Labute approximate surface area is 169 Å². The van der Waals surface area contributed by atoms with E-state index in [2.05, 4.69) is 15.3 Å². The highest BCUT2D eigenvalue weighted by molar-refractivity contribution is 7.13. The Kier molecular flexibility index (Phi) is 6.28. The Morgan fingerprint density at radius 1 is 1.18 bits per heavy atom. The fourth-order valence-electron chi connectivity index (χ4n) is 3.42. The van der Waals surface area contributed by atoms with E-state index in [1.54, 1.807) is 18.7 Å². The van der Waals surface area contributed by atoms with Crippen molar-refractivity contribution in [2.75, 3.05) is 13.1 Å². The van der Waals surface area contributed by atoms with Crippen LogP contribution < -0.4 is 10.1 Å². The van der Waals surface area contributed by atoms with Crippen molar-refractivity contribution < 1.29 is 14.3 Å². The minimum atomic E-state index is -0.370. The van der Waals surface area contributed by atoms with Crippen LogP contribution in [0.15, 0.2) is 18.5 Å². The van der Waals surface area contributed by atoms with E-state index >= 15 is 0 Å². The van der Waals surface area contributed by atoms with Crippen LogP contribution in [-0.4, -0.2) is 46.0 Å². The monoisotopic (exact) mass is 402 g/mol. The molecule has 28 heavy (non-hydrogen) atoms. The molecule has 0 spiro atoms. The molecule has 1 aliphatic rings. The number of nitrogens with one attached hydrogen (secondary N) is 1. The van der Waals surface area contributed by atoms with Gasteiger partial charge in [0.05, 0.1) is 16.3 Å². The van der Waals surface area contributed by atoms with E-state index < -0.39 is 0 Å². The number of likely N-dealkylation sites (tertiary alicyclic amines) is 1. The van der Waals surface area contributed by atoms with Gasteiger partial charge >= 0.3 is 6.09 Å². The second-order valence-corrected chi connectivity index (χ2v) is 8.53. The third kappa shape index (κ3) is 4.67. The molecule has 0 radical (unpaired) electrons. The zero-order chi connectivity index (χ0) is 20.3. The number of nitrogens with zero attached hydrogens (tertiary/aromatic N) is 3. The lowest BCUT2D eigenvalue weighted by Crippen LogP contribution is -2.46. The summed E-state index contributed by atoms with van der Waals surface area (Å²) in [7, 11) is 0. The van der Waals surface area contributed by atoms with Gasteiger partial charge in [-0.05, 0) is 58.6 Å². The van der Waals surface area contributed by atoms with Gasteiger partial charge in [0.1, 0.15) is 6.33 Å². The van der Waals surface area contributed by atoms with Gasteiger partial charge in [-0.15, -0.1) is 11.3 Å². The number of ether oxygens (including phenoxy) is 1. The Bertz CT molecular complexity index is 839. The van der Waals surface area contributed by atoms with Crippen molar-refractivity contribution in [3.8, 4) is 5.75 Å². The van der Waals surface area contributed by atoms with Crippen LogP contribution >= 0.6 is 11.3 Å². The van der Waals surface area contributed by atoms with Crippen molar-refractivity contribution in [2.24, 2.45) is 5.92 Å². The van der Waals surface area contributed by atoms with Gasteiger partial charge in [0.2, 0.25) is 0 Å². The topological polar surface area (TPSA) is 84.4 Å². The molecule has 3 rings (SSSR count). The third-order valence-corrected chi connectivity index (χ3v) is 6.18. The number of carbonyl (C=O) groups is 2. The van der Waals surface area contributed by atoms with Gasteiger partial charge in [0.15, 0.2) is 5.75 Å². The Balaban J connectivity index is 1.51. The molecule has 0 bridgehead atoms. The van der Waals surface area contributed by atoms with E-state index in [1.165, 1.54) is 17.7 Å². The number of aryl methyl sites for hydroxylation is 3. The first kappa shape index (κ1) is 20.3. The zero-order valence-electron chi connectivity index (χ0n) is 16.7. The Morgan fingerprint density at radius 2 is 1.82 bits per heavy atom. The van der Waals surface area contributed by atoms with E-state index in [0.29, 0.717) is 36.1 Å². The Morgan fingerprint density at radius 3 is 2.39 bits per heavy atom. The molecule has 2 amide bonds. The molecule has 0 saturated carbocycles. The summed E-state index contributed by atoms with van der Waals surface area (Å²) in [5, 5.41) is 3.10. The Hall–Kier alpha value is -2.48. The zero-order valence-corrected chi connectivity index (χ0v) is 17.5. The maximum Gasteiger partial charge on any atom is 0.415 e. The number of aromatic nitrogens is 2. The fraction of sp³-hybridized carbons (Fsp3) is 0.500. The number of hydrogen-bond acceptors (Lipinski definition) is 6. The highest BCUT2D eigenvalue weighted by Crippen LogP contribution is 2.24. The number of rotatable bonds is 4. The fourth-order valence-corrected chi connectivity index (χ4v) is 4.19. The largest absolute Gasteiger partial charge is 0.415 e. The van der Waals surface area contributed by atoms with Crippen LogP contribution in [0.2, 0.25) is 0 Å². The first-order chi connectivity index (χ1) is 13.3. The molecule has 0 unspecified atom stereocenters. The second-order valence-electron chi connectivity index (χ2n) is 7.24. The van der Waals surface area contributed by atoms with Crippen molar-refractivity contribution in [2.45, 2.75) is 46.6 Å². The normalized spacial score (nSPS) is 15.9. The van der Waals surface area contributed by atoms with Gasteiger partial charge in [-0.25, -0.2) is 14.8 Å². The first-order valence-corrected chi connectivity index (χ1v) is 10.3. The van der Waals surface area contributed by atoms with Crippen molar-refractivity contribution in [1.82, 2.24) is 20.2 Å². The molecule has 2 aromatic rings. The van der Waals surface area contributed by atoms with E-state index in [9.17, 15) is 9.59 Å². The maximum absolute atomic E-state index is 12.5. The van der Waals surface area contributed by atoms with E-state index in [-0.39, 0.29) is 18.0 Å². The van der Waals surface area contributed by atoms with Crippen LogP contribution in [-0.2, 0) is 0 Å². The number of hydrogen-bond donors (Lipinski definition) is 1. The summed E-state index contributed by atoms with van der Waals surface area (Å²) < 4.78 is 5.53. The average molecular weight is 403 g/mol. The van der Waals surface area contributed by atoms with Crippen LogP contribution in [0, 0.1) is 26.7 Å². The van der Waals surface area contributed by atoms with Crippen LogP contribution in [0.3, 0.4) is 0 Å². The molecular formula is C20H26N4O3S. The lowest BCUT2D eigenvalue weighted by Gasteiger charge is -2.34. The van der Waals surface area contributed by atoms with Gasteiger partial charge in [-0.2, -0.15) is 0 Å². The number of thiophene rings is 1. The molecule has 7 nitrogen and oxygen atoms in total. The summed E-state index contributed by atoms with van der Waals surface area (Å²) in [4.78, 5) is 36.6. The summed E-state index contributed by atoms with van der Waals surface area (Å²) >= 11 is 1.50. The molecule has 150 valence electrons. The second kappa shape index (κ2) is 8.68. The smallest absolute Gasteiger partial charge is 0.406 e. The van der Waals surface area contributed by atoms with E-state index in [0.717, 1.165) is 22.6 Å². The molecule has 0 aliphatic carbocycles. The minimum absolute atomic E-state index is 0.0255. The standard InChI is InChI=1S/C20H26N4O3S/c1-12-5-6-17(28-12)19(25)23-13(2)16-7-9-24(10-8-16)20(26)27-18-14(3)21-11-22-15(18)4/h5-6,11,13,16H,7-10H2,1-4H3,(H,23,25)/t13-/m1/s1. The van der Waals surface area contributed by atoms with Crippen molar-refractivity contribution in [1.29, 1.82) is 0 Å². The van der Waals surface area contributed by atoms with Crippen molar-refractivity contribution in [3.63, 3.8) is 0 Å². The average Bonchev–Trinajstić information content (AvgIpc) is 3.11. The van der Waals surface area contributed by atoms with Crippen LogP contribution in [0.4, 0.5) is 4.79 Å². The van der Waals surface area contributed by atoms with Gasteiger partial charge in [-0.3, -0.25) is 4.79 Å². The molecule has 1 saturated heterocycles. The highest BCUT2D eigenvalue weighted by atomic mass is 32.1. The predicted molar refractivity (Wildman–Crippen MR) is 108 cm³/mol. The molecule has 2 aromatic heterocycles. The quantitative estimate of drug-likeness (QED) is 0.846. The van der Waals surface area contributed by atoms with Gasteiger partial charge in [0.25, 0.3) is 5.91 Å². The number of amides is 2. The van der Waals surface area contributed by atoms with Crippen molar-refractivity contribution >= 4 is 23.3 Å². The number of piperidine rings is 1. The van der Waals surface area contributed by atoms with Crippen LogP contribution in [0.1, 0.15) is 45.7 Å². The third-order valence-electron chi connectivity index (χ3n) is 5.18. The maximum atomic E-state index is 12.5. The van der Waals surface area contributed by atoms with Crippen LogP contribution in [0.25, 0.3) is 0 Å². The van der Waals surface area contributed by atoms with Gasteiger partial charge in [0, 0.05) is 24.0 Å². The van der Waals surface area contributed by atoms with E-state index in [1.807, 2.05) is 26.0 Å². The molecule has 3 heterocycles. The summed E-state index contributed by atoms with van der Waals surface area (Å²) in [6.45, 7) is 8.82. The number of carbonyl (C=O) groups excluding carboxylic acids is 2. The summed E-state index contributed by atoms with van der Waals surface area (Å²) in [6.07, 6.45) is 2.73. The molecule has 1 atom stereocenters. The van der Waals surface area contributed by atoms with E-state index in [4.69, 9.17) is 4.74 Å². The van der Waals surface area contributed by atoms with Gasteiger partial charge in [-0.1, -0.05) is 0 Å². The molecule has 0 aromatic carbocycles. The molecule has 1 aliphatic heterocycles. The molecule has 1 fully saturated rings. The lowest BCUT2D eigenvalue weighted by atomic mass is 9.90. The molecule has 1 N–H and O–H groups in total. The first-order valence-electron chi connectivity index (χ1n) is 9.47. The molecular weight excluding hydrogens is 376 g/mol. The lowest BCUT2D eigenvalue weighted by molar-refractivity contribution is 0.0899. The SMILES string of the molecule is Cc1ccc(C(=O)N[C@H](C)C2CCN(C(=O)Oc3c(C)ncnc3C)CC2)s1. The molecule has 8 heteroatoms. The van der Waals surface area contributed by atoms with Gasteiger partial charge < -0.3 is 15.0 Å². The predicted octanol–water partition coefficient (Wildman–Crippen LogP) is 3.49.